The van der Waals surface area contributed by atoms with E-state index in [1.165, 1.54) is 10.9 Å². The molecule has 1 saturated heterocycles. The van der Waals surface area contributed by atoms with Crippen LogP contribution in [0.5, 0.6) is 0 Å². The van der Waals surface area contributed by atoms with Crippen LogP contribution in [0.2, 0.25) is 0 Å². The SMILES string of the molecule is O=C(c1cc(-c2cccc3ccccc23)n[nH]1)N1CCN(Cc2ccccc2)CC1. The highest BCUT2D eigenvalue weighted by atomic mass is 16.2. The summed E-state index contributed by atoms with van der Waals surface area (Å²) in [5.41, 5.74) is 3.70. The van der Waals surface area contributed by atoms with Gasteiger partial charge in [0.1, 0.15) is 5.69 Å². The minimum atomic E-state index is 0.0216. The number of H-pyrrole nitrogens is 1. The number of carbonyl (C=O) groups is 1. The van der Waals surface area contributed by atoms with Gasteiger partial charge in [-0.05, 0) is 22.4 Å². The quantitative estimate of drug-likeness (QED) is 0.563. The lowest BCUT2D eigenvalue weighted by molar-refractivity contribution is 0.0622. The number of benzene rings is 3. The molecule has 1 N–H and O–H groups in total. The van der Waals surface area contributed by atoms with Gasteiger partial charge in [-0.15, -0.1) is 0 Å². The number of nitrogens with one attached hydrogen (secondary N) is 1. The molecule has 30 heavy (non-hydrogen) atoms. The van der Waals surface area contributed by atoms with Crippen LogP contribution in [0, 0.1) is 0 Å². The summed E-state index contributed by atoms with van der Waals surface area (Å²) in [5, 5.41) is 9.71. The third-order valence-electron chi connectivity index (χ3n) is 5.78. The van der Waals surface area contributed by atoms with Gasteiger partial charge in [0.15, 0.2) is 0 Å². The van der Waals surface area contributed by atoms with Crippen molar-refractivity contribution in [2.45, 2.75) is 6.54 Å². The van der Waals surface area contributed by atoms with E-state index in [4.69, 9.17) is 0 Å². The summed E-state index contributed by atoms with van der Waals surface area (Å²) in [7, 11) is 0. The highest BCUT2D eigenvalue weighted by molar-refractivity contribution is 5.98. The zero-order valence-electron chi connectivity index (χ0n) is 16.8. The number of carbonyl (C=O) groups excluding carboxylic acids is 1. The molecule has 1 aromatic heterocycles. The fourth-order valence-corrected chi connectivity index (χ4v) is 4.14. The first-order valence-electron chi connectivity index (χ1n) is 10.4. The molecule has 2 heterocycles. The van der Waals surface area contributed by atoms with Crippen LogP contribution in [0.4, 0.5) is 0 Å². The Morgan fingerprint density at radius 1 is 0.867 bits per heavy atom. The molecular formula is C25H24N4O. The predicted octanol–water partition coefficient (Wildman–Crippen LogP) is 4.19. The molecule has 150 valence electrons. The van der Waals surface area contributed by atoms with E-state index < -0.39 is 0 Å². The molecule has 1 aliphatic heterocycles. The minimum Gasteiger partial charge on any atom is -0.335 e. The number of fused-ring (bicyclic) bond motifs is 1. The molecule has 1 amide bonds. The Balaban J connectivity index is 1.27. The van der Waals surface area contributed by atoms with Crippen LogP contribution in [-0.4, -0.2) is 52.1 Å². The maximum absolute atomic E-state index is 13.0. The van der Waals surface area contributed by atoms with Crippen molar-refractivity contribution in [2.24, 2.45) is 0 Å². The Labute approximate surface area is 175 Å². The standard InChI is InChI=1S/C25H24N4O/c30-25(29-15-13-28(14-16-29)18-19-7-2-1-3-8-19)24-17-23(26-27-24)22-12-6-10-20-9-4-5-11-21(20)22/h1-12,17H,13-16,18H2,(H,26,27). The first-order chi connectivity index (χ1) is 14.8. The molecule has 0 radical (unpaired) electrons. The highest BCUT2D eigenvalue weighted by Crippen LogP contribution is 2.27. The molecule has 0 spiro atoms. The number of hydrogen-bond acceptors (Lipinski definition) is 3. The monoisotopic (exact) mass is 396 g/mol. The molecule has 0 saturated carbocycles. The second kappa shape index (κ2) is 8.13. The summed E-state index contributed by atoms with van der Waals surface area (Å²) in [6, 6.07) is 26.8. The van der Waals surface area contributed by atoms with E-state index in [1.807, 2.05) is 35.2 Å². The fraction of sp³-hybridized carbons (Fsp3) is 0.200. The molecule has 5 heteroatoms. The molecule has 0 unspecified atom stereocenters. The number of rotatable bonds is 4. The van der Waals surface area contributed by atoms with Crippen LogP contribution in [0.15, 0.2) is 78.9 Å². The molecular weight excluding hydrogens is 372 g/mol. The van der Waals surface area contributed by atoms with E-state index in [0.29, 0.717) is 5.69 Å². The second-order valence-electron chi connectivity index (χ2n) is 7.75. The van der Waals surface area contributed by atoms with Crippen LogP contribution in [0.1, 0.15) is 16.1 Å². The molecule has 1 aliphatic rings. The molecule has 5 rings (SSSR count). The Bertz CT molecular complexity index is 1150. The molecule has 0 bridgehead atoms. The van der Waals surface area contributed by atoms with Gasteiger partial charge in [-0.1, -0.05) is 72.8 Å². The fourth-order valence-electron chi connectivity index (χ4n) is 4.14. The summed E-state index contributed by atoms with van der Waals surface area (Å²) in [4.78, 5) is 17.3. The number of hydrogen-bond donors (Lipinski definition) is 1. The zero-order valence-corrected chi connectivity index (χ0v) is 16.8. The van der Waals surface area contributed by atoms with Crippen molar-refractivity contribution in [3.05, 3.63) is 90.1 Å². The van der Waals surface area contributed by atoms with Crippen LogP contribution in [0.25, 0.3) is 22.0 Å². The van der Waals surface area contributed by atoms with E-state index in [1.54, 1.807) is 0 Å². The van der Waals surface area contributed by atoms with Gasteiger partial charge in [-0.2, -0.15) is 5.10 Å². The Morgan fingerprint density at radius 3 is 2.43 bits per heavy atom. The maximum Gasteiger partial charge on any atom is 0.271 e. The summed E-state index contributed by atoms with van der Waals surface area (Å²) < 4.78 is 0. The van der Waals surface area contributed by atoms with Crippen molar-refractivity contribution in [3.8, 4) is 11.3 Å². The molecule has 3 aromatic carbocycles. The molecule has 5 nitrogen and oxygen atoms in total. The number of nitrogens with zero attached hydrogens (tertiary/aromatic N) is 3. The first-order valence-corrected chi connectivity index (χ1v) is 10.4. The lowest BCUT2D eigenvalue weighted by atomic mass is 10.0. The topological polar surface area (TPSA) is 52.2 Å². The maximum atomic E-state index is 13.0. The summed E-state index contributed by atoms with van der Waals surface area (Å²) in [6.07, 6.45) is 0. The number of piperazine rings is 1. The lowest BCUT2D eigenvalue weighted by Gasteiger charge is -2.34. The summed E-state index contributed by atoms with van der Waals surface area (Å²) in [6.45, 7) is 4.15. The second-order valence-corrected chi connectivity index (χ2v) is 7.75. The smallest absolute Gasteiger partial charge is 0.271 e. The number of aromatic nitrogens is 2. The Morgan fingerprint density at radius 2 is 1.60 bits per heavy atom. The molecule has 0 aliphatic carbocycles. The van der Waals surface area contributed by atoms with Gasteiger partial charge < -0.3 is 4.90 Å². The van der Waals surface area contributed by atoms with E-state index >= 15 is 0 Å². The van der Waals surface area contributed by atoms with Crippen molar-refractivity contribution in [2.75, 3.05) is 26.2 Å². The third kappa shape index (κ3) is 3.72. The van der Waals surface area contributed by atoms with Crippen molar-refractivity contribution in [1.82, 2.24) is 20.0 Å². The largest absolute Gasteiger partial charge is 0.335 e. The van der Waals surface area contributed by atoms with Crippen LogP contribution in [0.3, 0.4) is 0 Å². The predicted molar refractivity (Wildman–Crippen MR) is 119 cm³/mol. The lowest BCUT2D eigenvalue weighted by Crippen LogP contribution is -2.48. The van der Waals surface area contributed by atoms with Crippen molar-refractivity contribution < 1.29 is 4.79 Å². The van der Waals surface area contributed by atoms with Crippen LogP contribution < -0.4 is 0 Å². The van der Waals surface area contributed by atoms with E-state index in [9.17, 15) is 4.79 Å². The van der Waals surface area contributed by atoms with Gasteiger partial charge in [0, 0.05) is 38.3 Å². The third-order valence-corrected chi connectivity index (χ3v) is 5.78. The van der Waals surface area contributed by atoms with E-state index in [2.05, 4.69) is 63.6 Å². The normalized spacial score (nSPS) is 14.9. The van der Waals surface area contributed by atoms with Gasteiger partial charge in [-0.3, -0.25) is 14.8 Å². The molecule has 4 aromatic rings. The minimum absolute atomic E-state index is 0.0216. The summed E-state index contributed by atoms with van der Waals surface area (Å²) >= 11 is 0. The number of aromatic amines is 1. The molecule has 1 fully saturated rings. The van der Waals surface area contributed by atoms with Crippen molar-refractivity contribution >= 4 is 16.7 Å². The van der Waals surface area contributed by atoms with Gasteiger partial charge >= 0.3 is 0 Å². The molecule has 0 atom stereocenters. The average molecular weight is 396 g/mol. The average Bonchev–Trinajstić information content (AvgIpc) is 3.29. The summed E-state index contributed by atoms with van der Waals surface area (Å²) in [5.74, 6) is 0.0216. The van der Waals surface area contributed by atoms with Gasteiger partial charge in [0.2, 0.25) is 0 Å². The van der Waals surface area contributed by atoms with Crippen LogP contribution in [-0.2, 0) is 6.54 Å². The zero-order chi connectivity index (χ0) is 20.3. The van der Waals surface area contributed by atoms with Crippen molar-refractivity contribution in [1.29, 1.82) is 0 Å². The van der Waals surface area contributed by atoms with E-state index in [-0.39, 0.29) is 5.91 Å². The van der Waals surface area contributed by atoms with Gasteiger partial charge in [-0.25, -0.2) is 0 Å². The number of amides is 1. The highest BCUT2D eigenvalue weighted by Gasteiger charge is 2.24. The van der Waals surface area contributed by atoms with E-state index in [0.717, 1.165) is 49.4 Å². The first kappa shape index (κ1) is 18.6. The Hall–Kier alpha value is -3.44. The van der Waals surface area contributed by atoms with Gasteiger partial charge in [0.25, 0.3) is 5.91 Å². The van der Waals surface area contributed by atoms with Crippen LogP contribution >= 0.6 is 0 Å². The van der Waals surface area contributed by atoms with Gasteiger partial charge in [0.05, 0.1) is 5.69 Å². The van der Waals surface area contributed by atoms with Crippen molar-refractivity contribution in [3.63, 3.8) is 0 Å². The Kier molecular flexibility index (Phi) is 5.03.